The van der Waals surface area contributed by atoms with Gasteiger partial charge < -0.3 is 0 Å². The molecular formula is C20H20N6O2S. The van der Waals surface area contributed by atoms with Gasteiger partial charge in [0.2, 0.25) is 10.0 Å². The van der Waals surface area contributed by atoms with E-state index in [1.54, 1.807) is 35.1 Å². The van der Waals surface area contributed by atoms with Gasteiger partial charge in [0.25, 0.3) is 0 Å². The van der Waals surface area contributed by atoms with Crippen molar-refractivity contribution in [2.75, 3.05) is 10.5 Å². The molecule has 1 N–H and O–H groups in total. The van der Waals surface area contributed by atoms with Crippen LogP contribution in [0.1, 0.15) is 19.8 Å². The summed E-state index contributed by atoms with van der Waals surface area (Å²) in [4.78, 5) is 4.12. The van der Waals surface area contributed by atoms with E-state index < -0.39 is 10.0 Å². The van der Waals surface area contributed by atoms with Gasteiger partial charge in [-0.15, -0.1) is 10.2 Å². The lowest BCUT2D eigenvalue weighted by molar-refractivity contribution is 0.598. The smallest absolute Gasteiger partial charge is 0.232 e. The number of benzene rings is 1. The number of pyridine rings is 1. The van der Waals surface area contributed by atoms with E-state index in [1.807, 2.05) is 37.3 Å². The Morgan fingerprint density at radius 2 is 1.90 bits per heavy atom. The number of nitrogens with one attached hydrogen (secondary N) is 1. The molecule has 148 valence electrons. The number of nitrogens with zero attached hydrogens (tertiary/aromatic N) is 5. The van der Waals surface area contributed by atoms with Crippen molar-refractivity contribution in [3.63, 3.8) is 0 Å². The maximum absolute atomic E-state index is 12.2. The highest BCUT2D eigenvalue weighted by Gasteiger charge is 2.13. The first-order valence-electron chi connectivity index (χ1n) is 9.29. The molecule has 0 bridgehead atoms. The maximum Gasteiger partial charge on any atom is 0.232 e. The Morgan fingerprint density at radius 3 is 2.69 bits per heavy atom. The van der Waals surface area contributed by atoms with Crippen LogP contribution in [0.15, 0.2) is 60.9 Å². The van der Waals surface area contributed by atoms with Crippen LogP contribution in [-0.4, -0.2) is 39.0 Å². The third-order valence-corrected chi connectivity index (χ3v) is 5.75. The zero-order chi connectivity index (χ0) is 20.3. The molecule has 3 heterocycles. The second kappa shape index (κ2) is 7.96. The average Bonchev–Trinajstić information content (AvgIpc) is 3.16. The molecule has 0 aliphatic rings. The van der Waals surface area contributed by atoms with Gasteiger partial charge in [-0.1, -0.05) is 25.5 Å². The number of hydrogen-bond donors (Lipinski definition) is 1. The lowest BCUT2D eigenvalue weighted by Gasteiger charge is -2.09. The summed E-state index contributed by atoms with van der Waals surface area (Å²) in [6, 6.07) is 14.6. The van der Waals surface area contributed by atoms with Gasteiger partial charge in [0.15, 0.2) is 11.5 Å². The Hall–Kier alpha value is -3.33. The summed E-state index contributed by atoms with van der Waals surface area (Å²) in [6.45, 7) is 1.96. The standard InChI is InChI=1S/C20H20N6O2S/c1-2-3-12-29(27,28)25-17-8-4-6-15(13-17)18-9-10-19-22-23-20(26(19)24-18)16-7-5-11-21-14-16/h4-11,13-14,25H,2-3,12H2,1H3. The number of unbranched alkanes of at least 4 members (excludes halogenated alkanes) is 1. The Morgan fingerprint density at radius 1 is 1.03 bits per heavy atom. The van der Waals surface area contributed by atoms with E-state index >= 15 is 0 Å². The highest BCUT2D eigenvalue weighted by molar-refractivity contribution is 7.92. The molecule has 1 aromatic carbocycles. The summed E-state index contributed by atoms with van der Waals surface area (Å²) in [5.41, 5.74) is 3.40. The van der Waals surface area contributed by atoms with Crippen LogP contribution in [-0.2, 0) is 10.0 Å². The third-order valence-electron chi connectivity index (χ3n) is 4.38. The van der Waals surface area contributed by atoms with Crippen molar-refractivity contribution >= 4 is 21.4 Å². The lowest BCUT2D eigenvalue weighted by Crippen LogP contribution is -2.16. The minimum Gasteiger partial charge on any atom is -0.284 e. The molecule has 4 aromatic rings. The average molecular weight is 408 g/mol. The number of fused-ring (bicyclic) bond motifs is 1. The highest BCUT2D eigenvalue weighted by atomic mass is 32.2. The molecule has 0 atom stereocenters. The van der Waals surface area contributed by atoms with E-state index in [9.17, 15) is 8.42 Å². The van der Waals surface area contributed by atoms with Crippen LogP contribution in [0.5, 0.6) is 0 Å². The quantitative estimate of drug-likeness (QED) is 0.503. The van der Waals surface area contributed by atoms with Gasteiger partial charge in [-0.3, -0.25) is 9.71 Å². The first kappa shape index (κ1) is 19.0. The molecule has 0 unspecified atom stereocenters. The van der Waals surface area contributed by atoms with E-state index in [0.29, 0.717) is 29.3 Å². The zero-order valence-corrected chi connectivity index (χ0v) is 16.7. The largest absolute Gasteiger partial charge is 0.284 e. The summed E-state index contributed by atoms with van der Waals surface area (Å²) >= 11 is 0. The molecule has 3 aromatic heterocycles. The van der Waals surface area contributed by atoms with E-state index in [1.165, 1.54) is 0 Å². The van der Waals surface area contributed by atoms with E-state index in [-0.39, 0.29) is 5.75 Å². The summed E-state index contributed by atoms with van der Waals surface area (Å²) in [5.74, 6) is 0.694. The Bertz CT molecular complexity index is 1240. The van der Waals surface area contributed by atoms with Crippen LogP contribution in [0.4, 0.5) is 5.69 Å². The van der Waals surface area contributed by atoms with Crippen LogP contribution >= 0.6 is 0 Å². The van der Waals surface area contributed by atoms with Crippen LogP contribution in [0.2, 0.25) is 0 Å². The molecule has 9 heteroatoms. The third kappa shape index (κ3) is 4.24. The predicted molar refractivity (Wildman–Crippen MR) is 112 cm³/mol. The maximum atomic E-state index is 12.2. The normalized spacial score (nSPS) is 11.6. The first-order valence-corrected chi connectivity index (χ1v) is 10.9. The molecule has 8 nitrogen and oxygen atoms in total. The van der Waals surface area contributed by atoms with Crippen molar-refractivity contribution in [2.24, 2.45) is 0 Å². The molecule has 0 aliphatic carbocycles. The second-order valence-electron chi connectivity index (χ2n) is 6.61. The number of aromatic nitrogens is 5. The van der Waals surface area contributed by atoms with Crippen molar-refractivity contribution in [3.05, 3.63) is 60.9 Å². The first-order chi connectivity index (χ1) is 14.1. The van der Waals surface area contributed by atoms with Gasteiger partial charge in [-0.05, 0) is 42.8 Å². The Balaban J connectivity index is 1.68. The highest BCUT2D eigenvalue weighted by Crippen LogP contribution is 2.23. The van der Waals surface area contributed by atoms with Crippen molar-refractivity contribution in [1.82, 2.24) is 24.8 Å². The van der Waals surface area contributed by atoms with Crippen molar-refractivity contribution < 1.29 is 8.42 Å². The van der Waals surface area contributed by atoms with E-state index in [2.05, 4.69) is 25.0 Å². The molecule has 0 saturated carbocycles. The molecule has 0 aliphatic heterocycles. The zero-order valence-electron chi connectivity index (χ0n) is 15.9. The Kier molecular flexibility index (Phi) is 5.22. The number of sulfonamides is 1. The summed E-state index contributed by atoms with van der Waals surface area (Å²) in [5, 5.41) is 13.0. The number of anilines is 1. The van der Waals surface area contributed by atoms with Gasteiger partial charge in [-0.2, -0.15) is 9.61 Å². The molecular weight excluding hydrogens is 388 g/mol. The van der Waals surface area contributed by atoms with E-state index in [4.69, 9.17) is 0 Å². The fourth-order valence-electron chi connectivity index (χ4n) is 2.92. The Labute approximate surface area is 168 Å². The fourth-order valence-corrected chi connectivity index (χ4v) is 4.18. The molecule has 0 spiro atoms. The molecule has 4 rings (SSSR count). The molecule has 29 heavy (non-hydrogen) atoms. The van der Waals surface area contributed by atoms with Crippen LogP contribution in [0.3, 0.4) is 0 Å². The monoisotopic (exact) mass is 408 g/mol. The molecule has 0 saturated heterocycles. The lowest BCUT2D eigenvalue weighted by atomic mass is 10.1. The number of hydrogen-bond acceptors (Lipinski definition) is 6. The van der Waals surface area contributed by atoms with Crippen LogP contribution in [0.25, 0.3) is 28.3 Å². The minimum atomic E-state index is -3.37. The van der Waals surface area contributed by atoms with Crippen molar-refractivity contribution in [3.8, 4) is 22.6 Å². The van der Waals surface area contributed by atoms with Gasteiger partial charge in [0.05, 0.1) is 11.4 Å². The van der Waals surface area contributed by atoms with Crippen LogP contribution in [0, 0.1) is 0 Å². The van der Waals surface area contributed by atoms with Gasteiger partial charge in [0.1, 0.15) is 0 Å². The molecule has 0 fully saturated rings. The van der Waals surface area contributed by atoms with Gasteiger partial charge >= 0.3 is 0 Å². The SMILES string of the molecule is CCCCS(=O)(=O)Nc1cccc(-c2ccc3nnc(-c4cccnc4)n3n2)c1. The summed E-state index contributed by atoms with van der Waals surface area (Å²) in [6.07, 6.45) is 4.84. The summed E-state index contributed by atoms with van der Waals surface area (Å²) in [7, 11) is -3.37. The summed E-state index contributed by atoms with van der Waals surface area (Å²) < 4.78 is 28.7. The second-order valence-corrected chi connectivity index (χ2v) is 8.45. The van der Waals surface area contributed by atoms with Crippen molar-refractivity contribution in [1.29, 1.82) is 0 Å². The number of rotatable bonds is 7. The minimum absolute atomic E-state index is 0.104. The topological polar surface area (TPSA) is 102 Å². The van der Waals surface area contributed by atoms with Gasteiger partial charge in [-0.25, -0.2) is 8.42 Å². The van der Waals surface area contributed by atoms with Gasteiger partial charge in [0, 0.05) is 29.2 Å². The molecule has 0 radical (unpaired) electrons. The molecule has 0 amide bonds. The predicted octanol–water partition coefficient (Wildman–Crippen LogP) is 3.40. The van der Waals surface area contributed by atoms with E-state index in [0.717, 1.165) is 17.5 Å². The van der Waals surface area contributed by atoms with Crippen LogP contribution < -0.4 is 4.72 Å². The van der Waals surface area contributed by atoms with Crippen molar-refractivity contribution in [2.45, 2.75) is 19.8 Å². The fraction of sp³-hybridized carbons (Fsp3) is 0.200.